The Balaban J connectivity index is 2.36. The summed E-state index contributed by atoms with van der Waals surface area (Å²) in [6.07, 6.45) is 0. The van der Waals surface area contributed by atoms with Crippen molar-refractivity contribution in [2.75, 3.05) is 13.7 Å². The zero-order valence-corrected chi connectivity index (χ0v) is 12.1. The van der Waals surface area contributed by atoms with Crippen LogP contribution in [-0.2, 0) is 5.75 Å². The summed E-state index contributed by atoms with van der Waals surface area (Å²) >= 11 is 5.83. The molecule has 0 fully saturated rings. The Morgan fingerprint density at radius 1 is 1.33 bits per heavy atom. The Morgan fingerprint density at radius 2 is 2.17 bits per heavy atom. The molecule has 1 aromatic heterocycles. The normalized spacial score (nSPS) is 10.4. The third kappa shape index (κ3) is 2.79. The summed E-state index contributed by atoms with van der Waals surface area (Å²) in [5.74, 6) is 2.15. The molecule has 3 nitrogen and oxygen atoms in total. The molecule has 18 heavy (non-hydrogen) atoms. The second-order valence-electron chi connectivity index (χ2n) is 3.60. The van der Waals surface area contributed by atoms with Crippen molar-refractivity contribution in [2.24, 2.45) is 0 Å². The van der Waals surface area contributed by atoms with E-state index in [0.29, 0.717) is 12.4 Å². The molecule has 0 bridgehead atoms. The highest BCUT2D eigenvalue weighted by Gasteiger charge is 2.09. The minimum absolute atomic E-state index is 0.611. The number of aromatic nitrogens is 1. The van der Waals surface area contributed by atoms with Gasteiger partial charge in [-0.2, -0.15) is 12.6 Å². The van der Waals surface area contributed by atoms with Gasteiger partial charge in [-0.05, 0) is 25.1 Å². The molecule has 0 radical (unpaired) electrons. The number of thiazole rings is 1. The molecule has 96 valence electrons. The van der Waals surface area contributed by atoms with Crippen molar-refractivity contribution < 1.29 is 9.47 Å². The van der Waals surface area contributed by atoms with Crippen molar-refractivity contribution in [2.45, 2.75) is 12.7 Å². The Bertz CT molecular complexity index is 525. The average Bonchev–Trinajstić information content (AvgIpc) is 2.88. The lowest BCUT2D eigenvalue weighted by atomic mass is 10.2. The van der Waals surface area contributed by atoms with Crippen LogP contribution in [0.3, 0.4) is 0 Å². The molecule has 2 rings (SSSR count). The molecule has 5 heteroatoms. The maximum Gasteiger partial charge on any atom is 0.161 e. The fourth-order valence-electron chi connectivity index (χ4n) is 1.59. The fraction of sp³-hybridized carbons (Fsp3) is 0.308. The Morgan fingerprint density at radius 3 is 2.78 bits per heavy atom. The molecular weight excluding hydrogens is 266 g/mol. The SMILES string of the molecule is CCOc1cc(-c2nc(CS)cs2)ccc1OC. The van der Waals surface area contributed by atoms with Crippen LogP contribution in [0, 0.1) is 0 Å². The van der Waals surface area contributed by atoms with Gasteiger partial charge in [0.05, 0.1) is 19.4 Å². The van der Waals surface area contributed by atoms with Crippen LogP contribution in [0.15, 0.2) is 23.6 Å². The van der Waals surface area contributed by atoms with Gasteiger partial charge < -0.3 is 9.47 Å². The lowest BCUT2D eigenvalue weighted by Gasteiger charge is -2.10. The van der Waals surface area contributed by atoms with Crippen LogP contribution in [-0.4, -0.2) is 18.7 Å². The highest BCUT2D eigenvalue weighted by atomic mass is 32.1. The first kappa shape index (κ1) is 13.2. The highest BCUT2D eigenvalue weighted by molar-refractivity contribution is 7.79. The van der Waals surface area contributed by atoms with Crippen LogP contribution in [0.1, 0.15) is 12.6 Å². The van der Waals surface area contributed by atoms with E-state index in [0.717, 1.165) is 27.8 Å². The van der Waals surface area contributed by atoms with Gasteiger partial charge in [0.1, 0.15) is 5.01 Å². The quantitative estimate of drug-likeness (QED) is 0.849. The second-order valence-corrected chi connectivity index (χ2v) is 4.78. The molecule has 0 atom stereocenters. The van der Waals surface area contributed by atoms with E-state index in [1.54, 1.807) is 18.4 Å². The molecule has 0 amide bonds. The lowest BCUT2D eigenvalue weighted by molar-refractivity contribution is 0.311. The molecule has 0 aliphatic heterocycles. The van der Waals surface area contributed by atoms with Crippen LogP contribution in [0.25, 0.3) is 10.6 Å². The van der Waals surface area contributed by atoms with Crippen LogP contribution in [0.4, 0.5) is 0 Å². The summed E-state index contributed by atoms with van der Waals surface area (Å²) < 4.78 is 10.8. The zero-order valence-electron chi connectivity index (χ0n) is 10.3. The molecule has 0 aliphatic rings. The smallest absolute Gasteiger partial charge is 0.161 e. The first-order valence-electron chi connectivity index (χ1n) is 5.65. The Hall–Kier alpha value is -1.20. The molecule has 0 aliphatic carbocycles. The summed E-state index contributed by atoms with van der Waals surface area (Å²) in [7, 11) is 1.64. The summed E-state index contributed by atoms with van der Waals surface area (Å²) in [5.41, 5.74) is 2.03. The van der Waals surface area contributed by atoms with Crippen LogP contribution >= 0.6 is 24.0 Å². The monoisotopic (exact) mass is 281 g/mol. The number of nitrogens with zero attached hydrogens (tertiary/aromatic N) is 1. The van der Waals surface area contributed by atoms with Gasteiger partial charge in [0, 0.05) is 16.7 Å². The first-order valence-corrected chi connectivity index (χ1v) is 7.16. The number of thiol groups is 1. The third-order valence-electron chi connectivity index (χ3n) is 2.42. The molecule has 1 heterocycles. The maximum absolute atomic E-state index is 5.56. The number of hydrogen-bond donors (Lipinski definition) is 1. The van der Waals surface area contributed by atoms with Crippen molar-refractivity contribution in [3.8, 4) is 22.1 Å². The average molecular weight is 281 g/mol. The van der Waals surface area contributed by atoms with E-state index in [1.807, 2.05) is 30.5 Å². The molecule has 0 N–H and O–H groups in total. The van der Waals surface area contributed by atoms with Crippen molar-refractivity contribution in [1.82, 2.24) is 4.98 Å². The molecule has 0 spiro atoms. The van der Waals surface area contributed by atoms with Crippen LogP contribution in [0.2, 0.25) is 0 Å². The molecule has 2 aromatic rings. The van der Waals surface area contributed by atoms with Gasteiger partial charge in [-0.1, -0.05) is 0 Å². The van der Waals surface area contributed by atoms with E-state index in [1.165, 1.54) is 0 Å². The van der Waals surface area contributed by atoms with Crippen molar-refractivity contribution in [1.29, 1.82) is 0 Å². The van der Waals surface area contributed by atoms with E-state index < -0.39 is 0 Å². The van der Waals surface area contributed by atoms with Crippen LogP contribution < -0.4 is 9.47 Å². The second kappa shape index (κ2) is 6.11. The molecule has 0 saturated carbocycles. The lowest BCUT2D eigenvalue weighted by Crippen LogP contribution is -1.95. The maximum atomic E-state index is 5.56. The Labute approximate surface area is 116 Å². The van der Waals surface area contributed by atoms with Gasteiger partial charge in [0.25, 0.3) is 0 Å². The number of benzene rings is 1. The Kier molecular flexibility index (Phi) is 4.49. The zero-order chi connectivity index (χ0) is 13.0. The van der Waals surface area contributed by atoms with E-state index in [9.17, 15) is 0 Å². The minimum atomic E-state index is 0.611. The summed E-state index contributed by atoms with van der Waals surface area (Å²) in [5, 5.41) is 3.00. The van der Waals surface area contributed by atoms with Gasteiger partial charge in [0.2, 0.25) is 0 Å². The number of rotatable bonds is 5. The van der Waals surface area contributed by atoms with Crippen molar-refractivity contribution >= 4 is 24.0 Å². The molecule has 0 unspecified atom stereocenters. The number of hydrogen-bond acceptors (Lipinski definition) is 5. The summed E-state index contributed by atoms with van der Waals surface area (Å²) in [6.45, 7) is 2.56. The fourth-order valence-corrected chi connectivity index (χ4v) is 2.69. The van der Waals surface area contributed by atoms with E-state index in [4.69, 9.17) is 9.47 Å². The van der Waals surface area contributed by atoms with Gasteiger partial charge in [-0.3, -0.25) is 0 Å². The first-order chi connectivity index (χ1) is 8.78. The van der Waals surface area contributed by atoms with Gasteiger partial charge in [-0.25, -0.2) is 4.98 Å². The van der Waals surface area contributed by atoms with Gasteiger partial charge >= 0.3 is 0 Å². The topological polar surface area (TPSA) is 31.4 Å². The van der Waals surface area contributed by atoms with Crippen LogP contribution in [0.5, 0.6) is 11.5 Å². The third-order valence-corrected chi connectivity index (χ3v) is 3.69. The van der Waals surface area contributed by atoms with Crippen molar-refractivity contribution in [3.63, 3.8) is 0 Å². The molecule has 0 saturated heterocycles. The molecule has 1 aromatic carbocycles. The number of ether oxygens (including phenoxy) is 2. The molecular formula is C13H15NO2S2. The van der Waals surface area contributed by atoms with Gasteiger partial charge in [0.15, 0.2) is 11.5 Å². The van der Waals surface area contributed by atoms with E-state index >= 15 is 0 Å². The highest BCUT2D eigenvalue weighted by Crippen LogP contribution is 2.33. The predicted molar refractivity (Wildman–Crippen MR) is 78.0 cm³/mol. The van der Waals surface area contributed by atoms with Gasteiger partial charge in [-0.15, -0.1) is 11.3 Å². The standard InChI is InChI=1S/C13H15NO2S2/c1-3-16-12-6-9(4-5-11(12)15-2)13-14-10(7-17)8-18-13/h4-6,8,17H,3,7H2,1-2H3. The number of methoxy groups -OCH3 is 1. The van der Waals surface area contributed by atoms with Crippen molar-refractivity contribution in [3.05, 3.63) is 29.3 Å². The van der Waals surface area contributed by atoms with E-state index in [-0.39, 0.29) is 0 Å². The van der Waals surface area contributed by atoms with E-state index in [2.05, 4.69) is 17.6 Å². The summed E-state index contributed by atoms with van der Waals surface area (Å²) in [6, 6.07) is 5.86. The minimum Gasteiger partial charge on any atom is -0.493 e. The summed E-state index contributed by atoms with van der Waals surface area (Å²) in [4.78, 5) is 4.50. The predicted octanol–water partition coefficient (Wildman–Crippen LogP) is 3.65. The largest absolute Gasteiger partial charge is 0.493 e.